The first-order valence-electron chi connectivity index (χ1n) is 5.18. The number of rotatable bonds is 4. The van der Waals surface area contributed by atoms with Gasteiger partial charge in [0, 0.05) is 0 Å². The van der Waals surface area contributed by atoms with Gasteiger partial charge in [-0.15, -0.1) is 0 Å². The van der Waals surface area contributed by atoms with Crippen LogP contribution < -0.4 is 5.73 Å². The normalized spacial score (nSPS) is 15.0. The zero-order chi connectivity index (χ0) is 11.4. The largest absolute Gasteiger partial charge is 0.330 e. The third-order valence-corrected chi connectivity index (χ3v) is 2.88. The van der Waals surface area contributed by atoms with E-state index in [4.69, 9.17) is 5.73 Å². The van der Waals surface area contributed by atoms with Crippen molar-refractivity contribution in [1.82, 2.24) is 0 Å². The molecule has 2 N–H and O–H groups in total. The molecule has 0 aliphatic heterocycles. The lowest BCUT2D eigenvalue weighted by atomic mass is 9.90. The first kappa shape index (κ1) is 12.1. The summed E-state index contributed by atoms with van der Waals surface area (Å²) in [5.41, 5.74) is 6.37. The molecule has 15 heavy (non-hydrogen) atoms. The van der Waals surface area contributed by atoms with Crippen molar-refractivity contribution in [3.63, 3.8) is 0 Å². The Balaban J connectivity index is 2.68. The maximum Gasteiger partial charge on any atom is 0.159 e. The van der Waals surface area contributed by atoms with Gasteiger partial charge in [-0.25, -0.2) is 8.78 Å². The van der Waals surface area contributed by atoms with Gasteiger partial charge in [0.25, 0.3) is 0 Å². The second-order valence-corrected chi connectivity index (χ2v) is 4.14. The number of halogens is 2. The van der Waals surface area contributed by atoms with Crippen LogP contribution in [0.4, 0.5) is 8.78 Å². The summed E-state index contributed by atoms with van der Waals surface area (Å²) in [6, 6.07) is 4.05. The van der Waals surface area contributed by atoms with Crippen molar-refractivity contribution >= 4 is 0 Å². The van der Waals surface area contributed by atoms with Crippen LogP contribution in [0.5, 0.6) is 0 Å². The average Bonchev–Trinajstić information content (AvgIpc) is 2.22. The Bertz CT molecular complexity index is 325. The molecule has 0 bridgehead atoms. The molecule has 0 heterocycles. The average molecular weight is 213 g/mol. The molecule has 0 saturated heterocycles. The zero-order valence-corrected chi connectivity index (χ0v) is 9.13. The van der Waals surface area contributed by atoms with Crippen LogP contribution in [-0.4, -0.2) is 6.54 Å². The molecular weight excluding hydrogens is 196 g/mol. The van der Waals surface area contributed by atoms with Crippen LogP contribution >= 0.6 is 0 Å². The molecule has 0 amide bonds. The Hall–Kier alpha value is -0.960. The van der Waals surface area contributed by atoms with E-state index in [1.807, 2.05) is 0 Å². The lowest BCUT2D eigenvalue weighted by Crippen LogP contribution is -2.20. The quantitative estimate of drug-likeness (QED) is 0.817. The molecule has 0 saturated carbocycles. The van der Waals surface area contributed by atoms with Crippen molar-refractivity contribution in [2.45, 2.75) is 20.3 Å². The fourth-order valence-corrected chi connectivity index (χ4v) is 1.47. The lowest BCUT2D eigenvalue weighted by Gasteiger charge is -2.17. The molecule has 1 rings (SSSR count). The maximum atomic E-state index is 12.9. The Morgan fingerprint density at radius 3 is 2.33 bits per heavy atom. The van der Waals surface area contributed by atoms with Crippen molar-refractivity contribution in [2.75, 3.05) is 6.54 Å². The van der Waals surface area contributed by atoms with Gasteiger partial charge < -0.3 is 5.73 Å². The highest BCUT2D eigenvalue weighted by molar-refractivity contribution is 5.18. The first-order valence-corrected chi connectivity index (χ1v) is 5.18. The monoisotopic (exact) mass is 213 g/mol. The molecule has 2 unspecified atom stereocenters. The molecule has 0 aromatic heterocycles. The van der Waals surface area contributed by atoms with E-state index in [-0.39, 0.29) is 0 Å². The van der Waals surface area contributed by atoms with E-state index in [0.29, 0.717) is 18.4 Å². The summed E-state index contributed by atoms with van der Waals surface area (Å²) in [7, 11) is 0. The number of benzene rings is 1. The molecule has 0 fully saturated rings. The van der Waals surface area contributed by atoms with Gasteiger partial charge in [-0.2, -0.15) is 0 Å². The van der Waals surface area contributed by atoms with Crippen molar-refractivity contribution in [1.29, 1.82) is 0 Å². The van der Waals surface area contributed by atoms with Crippen LogP contribution in [0.15, 0.2) is 18.2 Å². The summed E-state index contributed by atoms with van der Waals surface area (Å²) < 4.78 is 25.6. The van der Waals surface area contributed by atoms with Crippen LogP contribution in [0.3, 0.4) is 0 Å². The summed E-state index contributed by atoms with van der Waals surface area (Å²) in [4.78, 5) is 0. The molecule has 0 spiro atoms. The molecule has 0 aliphatic rings. The van der Waals surface area contributed by atoms with E-state index in [0.717, 1.165) is 12.0 Å². The van der Waals surface area contributed by atoms with Crippen LogP contribution in [0.2, 0.25) is 0 Å². The van der Waals surface area contributed by atoms with E-state index >= 15 is 0 Å². The van der Waals surface area contributed by atoms with Crippen LogP contribution in [0.1, 0.15) is 19.4 Å². The van der Waals surface area contributed by atoms with Gasteiger partial charge in [0.1, 0.15) is 0 Å². The highest BCUT2D eigenvalue weighted by atomic mass is 19.2. The minimum atomic E-state index is -0.793. The van der Waals surface area contributed by atoms with Gasteiger partial charge in [0.2, 0.25) is 0 Å². The summed E-state index contributed by atoms with van der Waals surface area (Å²) in [5.74, 6) is -0.809. The molecule has 1 nitrogen and oxygen atoms in total. The minimum absolute atomic E-state index is 0.375. The highest BCUT2D eigenvalue weighted by Gasteiger charge is 2.12. The fourth-order valence-electron chi connectivity index (χ4n) is 1.47. The standard InChI is InChI=1S/C12H17F2N/c1-8(9(2)7-15)5-10-3-4-11(13)12(14)6-10/h3-4,6,8-9H,5,7,15H2,1-2H3. The topological polar surface area (TPSA) is 26.0 Å². The fraction of sp³-hybridized carbons (Fsp3) is 0.500. The molecule has 0 radical (unpaired) electrons. The van der Waals surface area contributed by atoms with Crippen LogP contribution in [0.25, 0.3) is 0 Å². The second-order valence-electron chi connectivity index (χ2n) is 4.14. The molecule has 1 aromatic carbocycles. The van der Waals surface area contributed by atoms with E-state index in [1.165, 1.54) is 12.1 Å². The Labute approximate surface area is 89.3 Å². The molecule has 1 aromatic rings. The third-order valence-electron chi connectivity index (χ3n) is 2.88. The molecular formula is C12H17F2N. The molecule has 0 aliphatic carbocycles. The van der Waals surface area contributed by atoms with E-state index in [9.17, 15) is 8.78 Å². The smallest absolute Gasteiger partial charge is 0.159 e. The summed E-state index contributed by atoms with van der Waals surface area (Å²) >= 11 is 0. The SMILES string of the molecule is CC(CN)C(C)Cc1ccc(F)c(F)c1. The van der Waals surface area contributed by atoms with Gasteiger partial charge in [0.15, 0.2) is 11.6 Å². The van der Waals surface area contributed by atoms with E-state index < -0.39 is 11.6 Å². The predicted octanol–water partition coefficient (Wildman–Crippen LogP) is 2.74. The van der Waals surface area contributed by atoms with E-state index in [2.05, 4.69) is 13.8 Å². The third kappa shape index (κ3) is 3.27. The van der Waals surface area contributed by atoms with Crippen molar-refractivity contribution in [3.8, 4) is 0 Å². The maximum absolute atomic E-state index is 12.9. The van der Waals surface area contributed by atoms with Crippen LogP contribution in [0, 0.1) is 23.5 Å². The van der Waals surface area contributed by atoms with Gasteiger partial charge in [0.05, 0.1) is 0 Å². The number of nitrogens with two attached hydrogens (primary N) is 1. The first-order chi connectivity index (χ1) is 7.04. The van der Waals surface area contributed by atoms with Gasteiger partial charge >= 0.3 is 0 Å². The van der Waals surface area contributed by atoms with Crippen molar-refractivity contribution in [3.05, 3.63) is 35.4 Å². The molecule has 2 atom stereocenters. The predicted molar refractivity (Wildman–Crippen MR) is 57.4 cm³/mol. The van der Waals surface area contributed by atoms with E-state index in [1.54, 1.807) is 6.07 Å². The zero-order valence-electron chi connectivity index (χ0n) is 9.13. The summed E-state index contributed by atoms with van der Waals surface area (Å²) in [6.45, 7) is 4.74. The van der Waals surface area contributed by atoms with Gasteiger partial charge in [-0.3, -0.25) is 0 Å². The number of hydrogen-bond acceptors (Lipinski definition) is 1. The summed E-state index contributed by atoms with van der Waals surface area (Å²) in [5, 5.41) is 0. The van der Waals surface area contributed by atoms with Gasteiger partial charge in [-0.05, 0) is 42.5 Å². The molecule has 84 valence electrons. The van der Waals surface area contributed by atoms with Crippen molar-refractivity contribution < 1.29 is 8.78 Å². The Morgan fingerprint density at radius 2 is 1.80 bits per heavy atom. The van der Waals surface area contributed by atoms with Gasteiger partial charge in [-0.1, -0.05) is 19.9 Å². The molecule has 3 heteroatoms. The minimum Gasteiger partial charge on any atom is -0.330 e. The van der Waals surface area contributed by atoms with Crippen LogP contribution in [-0.2, 0) is 6.42 Å². The van der Waals surface area contributed by atoms with Crippen molar-refractivity contribution in [2.24, 2.45) is 17.6 Å². The number of hydrogen-bond donors (Lipinski definition) is 1. The second kappa shape index (κ2) is 5.21. The lowest BCUT2D eigenvalue weighted by molar-refractivity contribution is 0.393. The summed E-state index contributed by atoms with van der Waals surface area (Å²) in [6.07, 6.45) is 0.732. The Morgan fingerprint density at radius 1 is 1.13 bits per heavy atom. The Kier molecular flexibility index (Phi) is 4.21. The highest BCUT2D eigenvalue weighted by Crippen LogP contribution is 2.17.